The minimum absolute atomic E-state index is 0.766. The summed E-state index contributed by atoms with van der Waals surface area (Å²) >= 11 is 0. The molecule has 0 amide bonds. The van der Waals surface area contributed by atoms with Crippen molar-refractivity contribution in [1.82, 2.24) is 0 Å². The molecule has 0 aromatic rings. The van der Waals surface area contributed by atoms with Crippen molar-refractivity contribution in [3.8, 4) is 0 Å². The first-order valence-corrected chi connectivity index (χ1v) is 14.7. The van der Waals surface area contributed by atoms with Crippen LogP contribution in [0, 0.1) is 0 Å². The van der Waals surface area contributed by atoms with Gasteiger partial charge in [-0.1, -0.05) is 123 Å². The minimum Gasteiger partial charge on any atom is -0.379 e. The zero-order valence-corrected chi connectivity index (χ0v) is 22.0. The molecule has 32 heavy (non-hydrogen) atoms. The van der Waals surface area contributed by atoms with Crippen LogP contribution in [-0.4, -0.2) is 44.0 Å². The van der Waals surface area contributed by atoms with Gasteiger partial charge in [-0.25, -0.2) is 0 Å². The van der Waals surface area contributed by atoms with Crippen LogP contribution in [0.25, 0.3) is 0 Å². The highest BCUT2D eigenvalue weighted by Gasteiger charge is 1.95. The number of rotatable bonds is 24. The van der Waals surface area contributed by atoms with E-state index in [1.165, 1.54) is 122 Å². The van der Waals surface area contributed by atoms with Gasteiger partial charge in [-0.05, 0) is 12.8 Å². The molecule has 2 N–H and O–H groups in total. The van der Waals surface area contributed by atoms with Crippen molar-refractivity contribution >= 4 is 10.4 Å². The van der Waals surface area contributed by atoms with Gasteiger partial charge in [-0.15, -0.1) is 0 Å². The Labute approximate surface area is 199 Å². The first kappa shape index (κ1) is 34.0. The molecule has 0 aliphatic carbocycles. The number of ether oxygens (including phenoxy) is 2. The fourth-order valence-electron chi connectivity index (χ4n) is 3.53. The number of hydrogen-bond acceptors (Lipinski definition) is 4. The summed E-state index contributed by atoms with van der Waals surface area (Å²) in [6, 6.07) is 0. The van der Waals surface area contributed by atoms with Gasteiger partial charge in [-0.3, -0.25) is 9.11 Å². The van der Waals surface area contributed by atoms with E-state index in [4.69, 9.17) is 27.0 Å². The molecule has 0 rings (SSSR count). The van der Waals surface area contributed by atoms with Gasteiger partial charge >= 0.3 is 10.4 Å². The molecule has 0 bridgehead atoms. The Morgan fingerprint density at radius 1 is 0.438 bits per heavy atom. The molecule has 7 heteroatoms. The average molecular weight is 483 g/mol. The molecule has 6 nitrogen and oxygen atoms in total. The maximum atomic E-state index is 8.74. The monoisotopic (exact) mass is 482 g/mol. The third kappa shape index (κ3) is 43.6. The van der Waals surface area contributed by atoms with Gasteiger partial charge in [0.05, 0.1) is 13.2 Å². The topological polar surface area (TPSA) is 93.1 Å². The van der Waals surface area contributed by atoms with Gasteiger partial charge in [0, 0.05) is 13.2 Å². The molecule has 0 aliphatic rings. The van der Waals surface area contributed by atoms with Crippen LogP contribution in [0.3, 0.4) is 0 Å². The number of hydrogen-bond donors (Lipinski definition) is 2. The lowest BCUT2D eigenvalue weighted by atomic mass is 10.0. The largest absolute Gasteiger partial charge is 0.394 e. The molecule has 0 spiro atoms. The fraction of sp³-hybridized carbons (Fsp3) is 1.00. The quantitative estimate of drug-likeness (QED) is 0.108. The van der Waals surface area contributed by atoms with Crippen molar-refractivity contribution in [3.63, 3.8) is 0 Å². The Bertz CT molecular complexity index is 396. The molecule has 0 atom stereocenters. The van der Waals surface area contributed by atoms with E-state index < -0.39 is 10.4 Å². The van der Waals surface area contributed by atoms with Gasteiger partial charge in [-0.2, -0.15) is 8.42 Å². The van der Waals surface area contributed by atoms with Crippen LogP contribution in [-0.2, 0) is 19.9 Å². The van der Waals surface area contributed by atoms with Crippen molar-refractivity contribution in [2.24, 2.45) is 0 Å². The molecule has 0 aliphatic heterocycles. The van der Waals surface area contributed by atoms with Gasteiger partial charge in [0.2, 0.25) is 0 Å². The lowest BCUT2D eigenvalue weighted by molar-refractivity contribution is 0.0449. The zero-order chi connectivity index (χ0) is 24.2. The molecule has 196 valence electrons. The summed E-state index contributed by atoms with van der Waals surface area (Å²) < 4.78 is 42.8. The summed E-state index contributed by atoms with van der Waals surface area (Å²) in [6.45, 7) is 7.86. The van der Waals surface area contributed by atoms with E-state index in [1.807, 2.05) is 0 Å². The lowest BCUT2D eigenvalue weighted by Gasteiger charge is -2.06. The van der Waals surface area contributed by atoms with E-state index in [1.54, 1.807) is 0 Å². The fourth-order valence-corrected chi connectivity index (χ4v) is 3.53. The molecular formula is C25H54O6S. The molecule has 0 aromatic heterocycles. The highest BCUT2D eigenvalue weighted by molar-refractivity contribution is 7.79. The third-order valence-electron chi connectivity index (χ3n) is 5.41. The molecular weight excluding hydrogens is 428 g/mol. The van der Waals surface area contributed by atoms with E-state index in [2.05, 4.69) is 13.8 Å². The average Bonchev–Trinajstić information content (AvgIpc) is 2.73. The molecule has 0 unspecified atom stereocenters. The van der Waals surface area contributed by atoms with Crippen LogP contribution in [0.2, 0.25) is 0 Å². The summed E-state index contributed by atoms with van der Waals surface area (Å²) in [5.74, 6) is 0. The minimum atomic E-state index is -4.67. The summed E-state index contributed by atoms with van der Waals surface area (Å²) in [6.07, 6.45) is 26.5. The highest BCUT2D eigenvalue weighted by atomic mass is 32.3. The van der Waals surface area contributed by atoms with Gasteiger partial charge < -0.3 is 9.47 Å². The van der Waals surface area contributed by atoms with E-state index in [0.717, 1.165) is 26.4 Å². The SMILES string of the molecule is CCCCCCCCCCCCCCCCCCOCCOCCCCC.O=S(=O)(O)O. The van der Waals surface area contributed by atoms with Gasteiger partial charge in [0.15, 0.2) is 0 Å². The van der Waals surface area contributed by atoms with Crippen molar-refractivity contribution in [3.05, 3.63) is 0 Å². The standard InChI is InChI=1S/C25H52O2.H2O4S/c1-3-5-7-8-9-10-11-12-13-14-15-16-17-18-19-21-23-27-25-24-26-22-20-6-4-2;1-5(2,3)4/h3-25H2,1-2H3;(H2,1,2,3,4). The van der Waals surface area contributed by atoms with E-state index in [-0.39, 0.29) is 0 Å². The number of unbranched alkanes of at least 4 members (excludes halogenated alkanes) is 17. The van der Waals surface area contributed by atoms with E-state index >= 15 is 0 Å². The van der Waals surface area contributed by atoms with Gasteiger partial charge in [0.25, 0.3) is 0 Å². The van der Waals surface area contributed by atoms with Crippen LogP contribution in [0.1, 0.15) is 136 Å². The molecule has 0 saturated heterocycles. The molecule has 0 aromatic carbocycles. The first-order valence-electron chi connectivity index (χ1n) is 13.3. The summed E-state index contributed by atoms with van der Waals surface area (Å²) in [5.41, 5.74) is 0. The smallest absolute Gasteiger partial charge is 0.379 e. The second kappa shape index (κ2) is 28.8. The summed E-state index contributed by atoms with van der Waals surface area (Å²) in [7, 11) is -4.67. The van der Waals surface area contributed by atoms with Crippen LogP contribution in [0.15, 0.2) is 0 Å². The lowest BCUT2D eigenvalue weighted by Crippen LogP contribution is -2.06. The van der Waals surface area contributed by atoms with Crippen molar-refractivity contribution in [1.29, 1.82) is 0 Å². The third-order valence-corrected chi connectivity index (χ3v) is 5.41. The predicted molar refractivity (Wildman–Crippen MR) is 135 cm³/mol. The second-order valence-corrected chi connectivity index (χ2v) is 9.58. The van der Waals surface area contributed by atoms with Crippen LogP contribution < -0.4 is 0 Å². The van der Waals surface area contributed by atoms with E-state index in [0.29, 0.717) is 0 Å². The van der Waals surface area contributed by atoms with E-state index in [9.17, 15) is 0 Å². The maximum absolute atomic E-state index is 8.74. The van der Waals surface area contributed by atoms with Crippen LogP contribution >= 0.6 is 0 Å². The van der Waals surface area contributed by atoms with Crippen LogP contribution in [0.5, 0.6) is 0 Å². The Hall–Kier alpha value is -0.210. The first-order chi connectivity index (χ1) is 15.4. The Balaban J connectivity index is 0. The van der Waals surface area contributed by atoms with Crippen molar-refractivity contribution in [2.75, 3.05) is 26.4 Å². The molecule has 0 saturated carbocycles. The zero-order valence-electron chi connectivity index (χ0n) is 21.2. The maximum Gasteiger partial charge on any atom is 0.394 e. The molecule has 0 radical (unpaired) electrons. The predicted octanol–water partition coefficient (Wildman–Crippen LogP) is 7.82. The highest BCUT2D eigenvalue weighted by Crippen LogP contribution is 2.13. The van der Waals surface area contributed by atoms with Crippen molar-refractivity contribution in [2.45, 2.75) is 136 Å². The van der Waals surface area contributed by atoms with Crippen molar-refractivity contribution < 1.29 is 27.0 Å². The van der Waals surface area contributed by atoms with Crippen LogP contribution in [0.4, 0.5) is 0 Å². The van der Waals surface area contributed by atoms with Gasteiger partial charge in [0.1, 0.15) is 0 Å². The Morgan fingerprint density at radius 2 is 0.656 bits per heavy atom. The Morgan fingerprint density at radius 3 is 0.969 bits per heavy atom. The normalized spacial score (nSPS) is 11.4. The summed E-state index contributed by atoms with van der Waals surface area (Å²) in [5, 5.41) is 0. The Kier molecular flexibility index (Phi) is 30.6. The summed E-state index contributed by atoms with van der Waals surface area (Å²) in [4.78, 5) is 0. The molecule has 0 heterocycles. The second-order valence-electron chi connectivity index (χ2n) is 8.68. The molecule has 0 fully saturated rings.